The first kappa shape index (κ1) is 20.9. The summed E-state index contributed by atoms with van der Waals surface area (Å²) >= 11 is 0. The van der Waals surface area contributed by atoms with Crippen LogP contribution in [-0.2, 0) is 21.2 Å². The van der Waals surface area contributed by atoms with Crippen molar-refractivity contribution in [2.45, 2.75) is 36.1 Å². The Balaban J connectivity index is 1.59. The standard InChI is InChI=1S/C20H23N3O5S/c1-15(29(27,28)19-9-7-18(8-10-19)23(25)26)20(24)21-17-11-12-22(14-17)13-16-5-3-2-4-6-16/h2-10,15,17H,11-14H2,1H3,(H,21,24)/t15-,17+/m1/s1. The summed E-state index contributed by atoms with van der Waals surface area (Å²) in [6, 6.07) is 14.5. The summed E-state index contributed by atoms with van der Waals surface area (Å²) in [6.07, 6.45) is 0.753. The molecule has 0 unspecified atom stereocenters. The molecule has 8 nitrogen and oxygen atoms in total. The molecule has 0 aliphatic carbocycles. The number of hydrogen-bond acceptors (Lipinski definition) is 6. The normalized spacial score (nSPS) is 18.3. The molecule has 0 bridgehead atoms. The van der Waals surface area contributed by atoms with Gasteiger partial charge >= 0.3 is 0 Å². The lowest BCUT2D eigenvalue weighted by Crippen LogP contribution is -2.44. The number of benzene rings is 2. The number of hydrogen-bond donors (Lipinski definition) is 1. The molecule has 1 aliphatic rings. The van der Waals surface area contributed by atoms with E-state index in [0.717, 1.165) is 43.8 Å². The monoisotopic (exact) mass is 417 g/mol. The second-order valence-corrected chi connectivity index (χ2v) is 9.42. The summed E-state index contributed by atoms with van der Waals surface area (Å²) in [5.41, 5.74) is 0.985. The minimum absolute atomic E-state index is 0.108. The van der Waals surface area contributed by atoms with Gasteiger partial charge in [0, 0.05) is 37.8 Å². The third kappa shape index (κ3) is 4.99. The first-order chi connectivity index (χ1) is 13.8. The van der Waals surface area contributed by atoms with Gasteiger partial charge in [-0.15, -0.1) is 0 Å². The second kappa shape index (κ2) is 8.71. The van der Waals surface area contributed by atoms with Crippen LogP contribution in [0.4, 0.5) is 5.69 Å². The number of nitro benzene ring substituents is 1. The van der Waals surface area contributed by atoms with Crippen LogP contribution in [0, 0.1) is 10.1 Å². The smallest absolute Gasteiger partial charge is 0.269 e. The Labute approximate surface area is 169 Å². The van der Waals surface area contributed by atoms with Crippen molar-refractivity contribution in [2.24, 2.45) is 0 Å². The van der Waals surface area contributed by atoms with E-state index < -0.39 is 25.9 Å². The zero-order chi connectivity index (χ0) is 21.0. The number of likely N-dealkylation sites (tertiary alicyclic amines) is 1. The van der Waals surface area contributed by atoms with Crippen molar-refractivity contribution in [2.75, 3.05) is 13.1 Å². The van der Waals surface area contributed by atoms with Crippen LogP contribution in [-0.4, -0.2) is 48.5 Å². The molecule has 2 atom stereocenters. The molecule has 29 heavy (non-hydrogen) atoms. The van der Waals surface area contributed by atoms with Crippen LogP contribution in [0.25, 0.3) is 0 Å². The highest BCUT2D eigenvalue weighted by Crippen LogP contribution is 2.21. The fourth-order valence-electron chi connectivity index (χ4n) is 3.36. The Hall–Kier alpha value is -2.78. The minimum Gasteiger partial charge on any atom is -0.351 e. The van der Waals surface area contributed by atoms with E-state index in [1.54, 1.807) is 0 Å². The van der Waals surface area contributed by atoms with Crippen LogP contribution in [0.15, 0.2) is 59.5 Å². The maximum Gasteiger partial charge on any atom is 0.269 e. The van der Waals surface area contributed by atoms with Gasteiger partial charge in [-0.2, -0.15) is 0 Å². The molecule has 0 radical (unpaired) electrons. The largest absolute Gasteiger partial charge is 0.351 e. The van der Waals surface area contributed by atoms with Crippen molar-refractivity contribution in [1.29, 1.82) is 0 Å². The molecule has 0 spiro atoms. The van der Waals surface area contributed by atoms with Gasteiger partial charge < -0.3 is 5.32 Å². The number of nitrogens with zero attached hydrogens (tertiary/aromatic N) is 2. The molecule has 0 saturated carbocycles. The van der Waals surface area contributed by atoms with Crippen molar-refractivity contribution in [3.05, 3.63) is 70.3 Å². The summed E-state index contributed by atoms with van der Waals surface area (Å²) in [5, 5.41) is 12.3. The average molecular weight is 417 g/mol. The summed E-state index contributed by atoms with van der Waals surface area (Å²) in [4.78, 5) is 24.8. The van der Waals surface area contributed by atoms with E-state index in [0.29, 0.717) is 6.54 Å². The van der Waals surface area contributed by atoms with Gasteiger partial charge in [0.15, 0.2) is 9.84 Å². The molecule has 2 aromatic rings. The molecule has 1 saturated heterocycles. The maximum absolute atomic E-state index is 12.7. The summed E-state index contributed by atoms with van der Waals surface area (Å²) in [7, 11) is -3.93. The molecular formula is C20H23N3O5S. The fraction of sp³-hybridized carbons (Fsp3) is 0.350. The molecule has 0 aromatic heterocycles. The van der Waals surface area contributed by atoms with E-state index in [9.17, 15) is 23.3 Å². The topological polar surface area (TPSA) is 110 Å². The third-order valence-electron chi connectivity index (χ3n) is 5.08. The Morgan fingerprint density at radius 3 is 2.48 bits per heavy atom. The van der Waals surface area contributed by atoms with Crippen LogP contribution in [0.3, 0.4) is 0 Å². The minimum atomic E-state index is -3.93. The number of carbonyl (C=O) groups is 1. The zero-order valence-corrected chi connectivity index (χ0v) is 16.8. The fourth-order valence-corrected chi connectivity index (χ4v) is 4.63. The van der Waals surface area contributed by atoms with Crippen molar-refractivity contribution >= 4 is 21.4 Å². The highest BCUT2D eigenvalue weighted by Gasteiger charge is 2.33. The van der Waals surface area contributed by atoms with E-state index in [4.69, 9.17) is 0 Å². The number of sulfone groups is 1. The second-order valence-electron chi connectivity index (χ2n) is 7.15. The van der Waals surface area contributed by atoms with Crippen LogP contribution in [0.5, 0.6) is 0 Å². The number of nitrogens with one attached hydrogen (secondary N) is 1. The molecule has 9 heteroatoms. The summed E-state index contributed by atoms with van der Waals surface area (Å²) in [5.74, 6) is -0.560. The van der Waals surface area contributed by atoms with Crippen LogP contribution in [0.1, 0.15) is 18.9 Å². The van der Waals surface area contributed by atoms with E-state index in [-0.39, 0.29) is 16.6 Å². The number of nitro groups is 1. The summed E-state index contributed by atoms with van der Waals surface area (Å²) < 4.78 is 25.4. The van der Waals surface area contributed by atoms with E-state index in [2.05, 4.69) is 10.2 Å². The SMILES string of the molecule is C[C@H](C(=O)N[C@H]1CCN(Cc2ccccc2)C1)S(=O)(=O)c1ccc([N+](=O)[O-])cc1. The Morgan fingerprint density at radius 2 is 1.86 bits per heavy atom. The molecule has 1 fully saturated rings. The Morgan fingerprint density at radius 1 is 1.21 bits per heavy atom. The van der Waals surface area contributed by atoms with Gasteiger partial charge in [-0.25, -0.2) is 8.42 Å². The van der Waals surface area contributed by atoms with Crippen LogP contribution < -0.4 is 5.32 Å². The van der Waals surface area contributed by atoms with Gasteiger partial charge in [-0.3, -0.25) is 19.8 Å². The molecule has 1 heterocycles. The van der Waals surface area contributed by atoms with Crippen molar-refractivity contribution in [3.8, 4) is 0 Å². The number of carbonyl (C=O) groups excluding carboxylic acids is 1. The molecule has 1 amide bonds. The third-order valence-corrected chi connectivity index (χ3v) is 7.15. The lowest BCUT2D eigenvalue weighted by Gasteiger charge is -2.19. The van der Waals surface area contributed by atoms with Gasteiger partial charge in [0.25, 0.3) is 5.69 Å². The van der Waals surface area contributed by atoms with Crippen molar-refractivity contribution < 1.29 is 18.1 Å². The number of rotatable bonds is 7. The molecule has 3 rings (SSSR count). The van der Waals surface area contributed by atoms with Crippen LogP contribution >= 0.6 is 0 Å². The highest BCUT2D eigenvalue weighted by atomic mass is 32.2. The molecule has 1 aliphatic heterocycles. The predicted molar refractivity (Wildman–Crippen MR) is 108 cm³/mol. The molecule has 1 N–H and O–H groups in total. The summed E-state index contributed by atoms with van der Waals surface area (Å²) in [6.45, 7) is 3.60. The van der Waals surface area contributed by atoms with Gasteiger partial charge in [-0.05, 0) is 31.0 Å². The first-order valence-corrected chi connectivity index (χ1v) is 10.9. The number of amides is 1. The van der Waals surface area contributed by atoms with Gasteiger partial charge in [0.05, 0.1) is 9.82 Å². The zero-order valence-electron chi connectivity index (χ0n) is 16.0. The average Bonchev–Trinajstić information content (AvgIpc) is 3.14. The van der Waals surface area contributed by atoms with Gasteiger partial charge in [-0.1, -0.05) is 30.3 Å². The van der Waals surface area contributed by atoms with Crippen LogP contribution in [0.2, 0.25) is 0 Å². The highest BCUT2D eigenvalue weighted by molar-refractivity contribution is 7.92. The Kier molecular flexibility index (Phi) is 6.29. The van der Waals surface area contributed by atoms with Gasteiger partial charge in [0.2, 0.25) is 5.91 Å². The molecule has 2 aromatic carbocycles. The lowest BCUT2D eigenvalue weighted by molar-refractivity contribution is -0.384. The number of non-ortho nitro benzene ring substituents is 1. The van der Waals surface area contributed by atoms with Crippen molar-refractivity contribution in [1.82, 2.24) is 10.2 Å². The lowest BCUT2D eigenvalue weighted by atomic mass is 10.2. The van der Waals surface area contributed by atoms with E-state index in [1.165, 1.54) is 12.5 Å². The molecular weight excluding hydrogens is 394 g/mol. The maximum atomic E-state index is 12.7. The van der Waals surface area contributed by atoms with E-state index >= 15 is 0 Å². The Bertz CT molecular complexity index is 977. The molecule has 154 valence electrons. The van der Waals surface area contributed by atoms with Gasteiger partial charge in [0.1, 0.15) is 5.25 Å². The quantitative estimate of drug-likeness (QED) is 0.546. The van der Waals surface area contributed by atoms with E-state index in [1.807, 2.05) is 30.3 Å². The first-order valence-electron chi connectivity index (χ1n) is 9.32. The van der Waals surface area contributed by atoms with Crippen molar-refractivity contribution in [3.63, 3.8) is 0 Å². The predicted octanol–water partition coefficient (Wildman–Crippen LogP) is 2.15.